The number of hydrogen-bond donors (Lipinski definition) is 0. The number of carbonyl (C=O) groups is 1. The van der Waals surface area contributed by atoms with E-state index in [0.29, 0.717) is 27.1 Å². The van der Waals surface area contributed by atoms with Crippen LogP contribution in [0.5, 0.6) is 0 Å². The Hall–Kier alpha value is -0.700. The molecule has 0 fully saturated rings. The van der Waals surface area contributed by atoms with E-state index in [2.05, 4.69) is 4.74 Å². The first-order chi connectivity index (χ1) is 7.15. The number of benzene rings is 1. The van der Waals surface area contributed by atoms with Crippen molar-refractivity contribution in [3.05, 3.63) is 38.8 Å². The third-order valence-electron chi connectivity index (χ3n) is 1.59. The molecule has 0 N–H and O–H groups in total. The molecule has 0 amide bonds. The number of halogens is 3. The molecule has 80 valence electrons. The van der Waals surface area contributed by atoms with E-state index in [0.717, 1.165) is 0 Å². The fourth-order valence-electron chi connectivity index (χ4n) is 0.973. The molecule has 0 saturated carbocycles. The largest absolute Gasteiger partial charge is 0.464 e. The number of carbonyl (C=O) groups excluding carboxylic acids is 1. The summed E-state index contributed by atoms with van der Waals surface area (Å²) in [6, 6.07) is 3.19. The average molecular weight is 266 g/mol. The lowest BCUT2D eigenvalue weighted by molar-refractivity contribution is -0.127. The topological polar surface area (TPSA) is 26.3 Å². The van der Waals surface area contributed by atoms with E-state index < -0.39 is 0 Å². The molecule has 0 spiro atoms. The van der Waals surface area contributed by atoms with Gasteiger partial charge in [0.05, 0.1) is 10.0 Å². The van der Waals surface area contributed by atoms with Gasteiger partial charge in [-0.25, -0.2) is 0 Å². The first-order valence-electron chi connectivity index (χ1n) is 4.01. The number of ether oxygens (including phenoxy) is 1. The third kappa shape index (κ3) is 3.74. The molecule has 0 unspecified atom stereocenters. The maximum atomic E-state index is 9.87. The Balaban J connectivity index is 2.85. The minimum atomic E-state index is 0.179. The van der Waals surface area contributed by atoms with Gasteiger partial charge in [0.1, 0.15) is 6.61 Å². The summed E-state index contributed by atoms with van der Waals surface area (Å²) < 4.78 is 4.48. The molecule has 0 aromatic heterocycles. The van der Waals surface area contributed by atoms with Crippen LogP contribution in [-0.4, -0.2) is 13.1 Å². The summed E-state index contributed by atoms with van der Waals surface area (Å²) in [6.45, 7) is 0.550. The summed E-state index contributed by atoms with van der Waals surface area (Å²) in [7, 11) is 0. The van der Waals surface area contributed by atoms with E-state index in [9.17, 15) is 4.79 Å². The second-order valence-corrected chi connectivity index (χ2v) is 3.87. The molecule has 1 aromatic rings. The van der Waals surface area contributed by atoms with Crippen molar-refractivity contribution >= 4 is 47.4 Å². The maximum Gasteiger partial charge on any atom is 0.293 e. The van der Waals surface area contributed by atoms with Gasteiger partial charge in [-0.3, -0.25) is 4.79 Å². The first kappa shape index (κ1) is 12.4. The predicted molar refractivity (Wildman–Crippen MR) is 62.5 cm³/mol. The van der Waals surface area contributed by atoms with Crippen molar-refractivity contribution < 1.29 is 9.53 Å². The highest BCUT2D eigenvalue weighted by molar-refractivity contribution is 6.40. The van der Waals surface area contributed by atoms with Gasteiger partial charge in [0, 0.05) is 10.6 Å². The molecule has 0 aliphatic carbocycles. The molecule has 0 bridgehead atoms. The Labute approximate surface area is 102 Å². The standard InChI is InChI=1S/C10H7Cl3O2/c11-7-4-9(12)8(10(13)5-7)2-1-3-15-6-14/h1-2,4-6H,3H2/b2-1+. The van der Waals surface area contributed by atoms with E-state index >= 15 is 0 Å². The van der Waals surface area contributed by atoms with E-state index in [4.69, 9.17) is 34.8 Å². The van der Waals surface area contributed by atoms with Crippen molar-refractivity contribution in [3.8, 4) is 0 Å². The molecular weight excluding hydrogens is 258 g/mol. The molecule has 0 aliphatic heterocycles. The zero-order valence-corrected chi connectivity index (χ0v) is 9.81. The van der Waals surface area contributed by atoms with Crippen molar-refractivity contribution in [1.82, 2.24) is 0 Å². The summed E-state index contributed by atoms with van der Waals surface area (Å²) in [5.74, 6) is 0. The van der Waals surface area contributed by atoms with Crippen molar-refractivity contribution in [2.45, 2.75) is 0 Å². The Morgan fingerprint density at radius 2 is 1.80 bits per heavy atom. The van der Waals surface area contributed by atoms with Crippen LogP contribution >= 0.6 is 34.8 Å². The predicted octanol–water partition coefficient (Wildman–Crippen LogP) is 3.83. The summed E-state index contributed by atoms with van der Waals surface area (Å²) in [4.78, 5) is 9.87. The fourth-order valence-corrected chi connectivity index (χ4v) is 1.92. The lowest BCUT2D eigenvalue weighted by Gasteiger charge is -2.02. The van der Waals surface area contributed by atoms with Crippen LogP contribution in [0.1, 0.15) is 5.56 Å². The third-order valence-corrected chi connectivity index (χ3v) is 2.43. The highest BCUT2D eigenvalue weighted by Gasteiger charge is 2.03. The van der Waals surface area contributed by atoms with Crippen molar-refractivity contribution in [3.63, 3.8) is 0 Å². The molecule has 0 heterocycles. The van der Waals surface area contributed by atoms with Crippen molar-refractivity contribution in [1.29, 1.82) is 0 Å². The lowest BCUT2D eigenvalue weighted by Crippen LogP contribution is -1.86. The monoisotopic (exact) mass is 264 g/mol. The Bertz CT molecular complexity index is 365. The maximum absolute atomic E-state index is 9.87. The van der Waals surface area contributed by atoms with Gasteiger partial charge in [0.2, 0.25) is 0 Å². The molecule has 0 aliphatic rings. The van der Waals surface area contributed by atoms with Crippen LogP contribution in [0, 0.1) is 0 Å². The smallest absolute Gasteiger partial charge is 0.293 e. The van der Waals surface area contributed by atoms with E-state index in [1.165, 1.54) is 0 Å². The van der Waals surface area contributed by atoms with Crippen LogP contribution < -0.4 is 0 Å². The van der Waals surface area contributed by atoms with Gasteiger partial charge < -0.3 is 4.74 Å². The summed E-state index contributed by atoms with van der Waals surface area (Å²) >= 11 is 17.6. The minimum Gasteiger partial charge on any atom is -0.464 e. The Kier molecular flexibility index (Phi) is 4.95. The zero-order valence-electron chi connectivity index (χ0n) is 7.54. The van der Waals surface area contributed by atoms with Gasteiger partial charge in [-0.2, -0.15) is 0 Å². The van der Waals surface area contributed by atoms with Gasteiger partial charge in [0.25, 0.3) is 6.47 Å². The summed E-state index contributed by atoms with van der Waals surface area (Å²) in [5, 5.41) is 1.39. The highest BCUT2D eigenvalue weighted by Crippen LogP contribution is 2.29. The first-order valence-corrected chi connectivity index (χ1v) is 5.15. The van der Waals surface area contributed by atoms with Crippen molar-refractivity contribution in [2.24, 2.45) is 0 Å². The van der Waals surface area contributed by atoms with Crippen LogP contribution in [0.2, 0.25) is 15.1 Å². The summed E-state index contributed by atoms with van der Waals surface area (Å²) in [6.07, 6.45) is 3.31. The van der Waals surface area contributed by atoms with Crippen LogP contribution in [0.3, 0.4) is 0 Å². The molecule has 0 atom stereocenters. The zero-order chi connectivity index (χ0) is 11.3. The molecular formula is C10H7Cl3O2. The fraction of sp³-hybridized carbons (Fsp3) is 0.100. The Morgan fingerprint density at radius 1 is 1.20 bits per heavy atom. The van der Waals surface area contributed by atoms with E-state index in [1.54, 1.807) is 24.3 Å². The normalized spacial score (nSPS) is 10.6. The summed E-state index contributed by atoms with van der Waals surface area (Å²) in [5.41, 5.74) is 0.650. The number of rotatable bonds is 4. The SMILES string of the molecule is O=COC/C=C/c1c(Cl)cc(Cl)cc1Cl. The molecule has 2 nitrogen and oxygen atoms in total. The van der Waals surface area contributed by atoms with Gasteiger partial charge in [0.15, 0.2) is 0 Å². The molecule has 1 rings (SSSR count). The van der Waals surface area contributed by atoms with Crippen LogP contribution in [0.25, 0.3) is 6.08 Å². The van der Waals surface area contributed by atoms with E-state index in [1.807, 2.05) is 0 Å². The number of hydrogen-bond acceptors (Lipinski definition) is 2. The van der Waals surface area contributed by atoms with Crippen LogP contribution in [-0.2, 0) is 9.53 Å². The second-order valence-electron chi connectivity index (χ2n) is 2.62. The minimum absolute atomic E-state index is 0.179. The lowest BCUT2D eigenvalue weighted by atomic mass is 10.2. The quantitative estimate of drug-likeness (QED) is 0.611. The van der Waals surface area contributed by atoms with Crippen LogP contribution in [0.15, 0.2) is 18.2 Å². The van der Waals surface area contributed by atoms with Gasteiger partial charge in [-0.15, -0.1) is 0 Å². The van der Waals surface area contributed by atoms with Crippen molar-refractivity contribution in [2.75, 3.05) is 6.61 Å². The van der Waals surface area contributed by atoms with Gasteiger partial charge in [-0.05, 0) is 18.2 Å². The molecule has 15 heavy (non-hydrogen) atoms. The molecule has 5 heteroatoms. The van der Waals surface area contributed by atoms with E-state index in [-0.39, 0.29) is 6.61 Å². The average Bonchev–Trinajstić information content (AvgIpc) is 2.15. The molecule has 0 saturated heterocycles. The highest BCUT2D eigenvalue weighted by atomic mass is 35.5. The van der Waals surface area contributed by atoms with Gasteiger partial charge >= 0.3 is 0 Å². The van der Waals surface area contributed by atoms with Crippen LogP contribution in [0.4, 0.5) is 0 Å². The molecule has 0 radical (unpaired) electrons. The second kappa shape index (κ2) is 6.01. The molecule has 1 aromatic carbocycles. The van der Waals surface area contributed by atoms with Gasteiger partial charge in [-0.1, -0.05) is 40.9 Å². The Morgan fingerprint density at radius 3 is 2.33 bits per heavy atom.